The van der Waals surface area contributed by atoms with Crippen LogP contribution >= 0.6 is 11.3 Å². The molecule has 1 amide bonds. The van der Waals surface area contributed by atoms with E-state index in [1.165, 1.54) is 23.5 Å². The predicted molar refractivity (Wildman–Crippen MR) is 125 cm³/mol. The number of hydrogen-bond acceptors (Lipinski definition) is 6. The maximum Gasteiger partial charge on any atom is 0.269 e. The lowest BCUT2D eigenvalue weighted by Gasteiger charge is -2.04. The highest BCUT2D eigenvalue weighted by molar-refractivity contribution is 7.19. The first-order chi connectivity index (χ1) is 15.4. The maximum absolute atomic E-state index is 12.7. The van der Waals surface area contributed by atoms with E-state index in [1.807, 2.05) is 43.3 Å². The van der Waals surface area contributed by atoms with Crippen LogP contribution in [0.25, 0.3) is 21.7 Å². The molecule has 0 unspecified atom stereocenters. The molecule has 1 aromatic heterocycles. The Morgan fingerprint density at radius 2 is 1.59 bits per heavy atom. The lowest BCUT2D eigenvalue weighted by molar-refractivity contribution is -0.384. The molecule has 3 aromatic carbocycles. The molecule has 4 aromatic rings. The van der Waals surface area contributed by atoms with Crippen molar-refractivity contribution in [3.05, 3.63) is 94.0 Å². The molecular weight excluding hydrogens is 426 g/mol. The van der Waals surface area contributed by atoms with Crippen molar-refractivity contribution in [2.45, 2.75) is 6.92 Å². The maximum atomic E-state index is 12.7. The average Bonchev–Trinajstić information content (AvgIpc) is 3.23. The summed E-state index contributed by atoms with van der Waals surface area (Å²) in [7, 11) is 1.60. The number of hydrogen-bond donors (Lipinski definition) is 1. The lowest BCUT2D eigenvalue weighted by Crippen LogP contribution is -2.11. The van der Waals surface area contributed by atoms with Crippen molar-refractivity contribution < 1.29 is 14.5 Å². The third kappa shape index (κ3) is 4.50. The number of aromatic nitrogens is 1. The number of amides is 1. The van der Waals surface area contributed by atoms with E-state index in [1.54, 1.807) is 31.4 Å². The van der Waals surface area contributed by atoms with Crippen molar-refractivity contribution in [2.24, 2.45) is 0 Å². The number of nitro benzene ring substituents is 1. The lowest BCUT2D eigenvalue weighted by atomic mass is 10.1. The van der Waals surface area contributed by atoms with Gasteiger partial charge in [-0.05, 0) is 61.0 Å². The minimum atomic E-state index is -0.436. The highest BCUT2D eigenvalue weighted by atomic mass is 32.1. The number of methoxy groups -OCH3 is 1. The van der Waals surface area contributed by atoms with Gasteiger partial charge in [0, 0.05) is 23.3 Å². The number of non-ortho nitro benzene ring substituents is 1. The largest absolute Gasteiger partial charge is 0.497 e. The predicted octanol–water partition coefficient (Wildman–Crippen LogP) is 5.95. The molecule has 0 saturated heterocycles. The van der Waals surface area contributed by atoms with E-state index in [2.05, 4.69) is 10.3 Å². The van der Waals surface area contributed by atoms with Crippen LogP contribution in [0.5, 0.6) is 5.75 Å². The fourth-order valence-corrected chi connectivity index (χ4v) is 4.11. The molecule has 4 rings (SSSR count). The zero-order chi connectivity index (χ0) is 22.7. The van der Waals surface area contributed by atoms with Gasteiger partial charge in [0.15, 0.2) is 5.13 Å². The number of ether oxygens (including phenoxy) is 1. The summed E-state index contributed by atoms with van der Waals surface area (Å²) in [6.07, 6.45) is 0. The van der Waals surface area contributed by atoms with Gasteiger partial charge in [-0.3, -0.25) is 20.2 Å². The number of nitrogens with zero attached hydrogens (tertiary/aromatic N) is 2. The fourth-order valence-electron chi connectivity index (χ4n) is 3.12. The number of nitrogens with one attached hydrogen (secondary N) is 1. The Morgan fingerprint density at radius 1 is 0.969 bits per heavy atom. The van der Waals surface area contributed by atoms with Crippen LogP contribution in [0.1, 0.15) is 15.9 Å². The van der Waals surface area contributed by atoms with Gasteiger partial charge >= 0.3 is 0 Å². The van der Waals surface area contributed by atoms with Crippen molar-refractivity contribution in [2.75, 3.05) is 12.4 Å². The molecule has 7 nitrogen and oxygen atoms in total. The van der Waals surface area contributed by atoms with E-state index in [4.69, 9.17) is 4.74 Å². The third-order valence-corrected chi connectivity index (χ3v) is 5.89. The normalized spacial score (nSPS) is 10.6. The van der Waals surface area contributed by atoms with Gasteiger partial charge < -0.3 is 4.74 Å². The molecule has 0 atom stereocenters. The molecule has 0 saturated carbocycles. The molecule has 0 aliphatic carbocycles. The Balaban J connectivity index is 1.72. The highest BCUT2D eigenvalue weighted by Gasteiger charge is 2.18. The van der Waals surface area contributed by atoms with Gasteiger partial charge in [0.1, 0.15) is 5.75 Å². The van der Waals surface area contributed by atoms with Crippen LogP contribution in [-0.4, -0.2) is 22.9 Å². The number of benzene rings is 3. The molecule has 0 bridgehead atoms. The van der Waals surface area contributed by atoms with Gasteiger partial charge in [0.25, 0.3) is 11.6 Å². The second-order valence-corrected chi connectivity index (χ2v) is 8.05. The number of carbonyl (C=O) groups excluding carboxylic acids is 1. The minimum absolute atomic E-state index is 0.0113. The summed E-state index contributed by atoms with van der Waals surface area (Å²) in [4.78, 5) is 28.7. The number of anilines is 1. The van der Waals surface area contributed by atoms with Gasteiger partial charge in [-0.15, -0.1) is 0 Å². The molecule has 1 N–H and O–H groups in total. The molecule has 32 heavy (non-hydrogen) atoms. The van der Waals surface area contributed by atoms with Crippen LogP contribution in [-0.2, 0) is 0 Å². The number of nitro groups is 1. The Hall–Kier alpha value is -4.04. The van der Waals surface area contributed by atoms with Gasteiger partial charge in [-0.1, -0.05) is 29.0 Å². The van der Waals surface area contributed by atoms with E-state index in [9.17, 15) is 14.9 Å². The van der Waals surface area contributed by atoms with Crippen LogP contribution in [0.2, 0.25) is 0 Å². The van der Waals surface area contributed by atoms with Crippen molar-refractivity contribution in [1.29, 1.82) is 0 Å². The van der Waals surface area contributed by atoms with E-state index in [-0.39, 0.29) is 11.6 Å². The van der Waals surface area contributed by atoms with Crippen LogP contribution < -0.4 is 10.1 Å². The van der Waals surface area contributed by atoms with E-state index in [0.717, 1.165) is 21.6 Å². The summed E-state index contributed by atoms with van der Waals surface area (Å²) >= 11 is 1.31. The Bertz CT molecular complexity index is 1260. The second-order valence-electron chi connectivity index (χ2n) is 7.05. The average molecular weight is 446 g/mol. The summed E-state index contributed by atoms with van der Waals surface area (Å²) in [5.74, 6) is 0.462. The first-order valence-electron chi connectivity index (χ1n) is 9.72. The number of rotatable bonds is 6. The molecular formula is C24H19N3O4S. The topological polar surface area (TPSA) is 94.4 Å². The van der Waals surface area contributed by atoms with Crippen molar-refractivity contribution >= 4 is 28.1 Å². The first-order valence-corrected chi connectivity index (χ1v) is 10.5. The SMILES string of the molecule is COc1ccc(-c2nc(NC(=O)c3ccc(C)cc3)sc2-c2ccc([N+](=O)[O-])cc2)cc1. The highest BCUT2D eigenvalue weighted by Crippen LogP contribution is 2.40. The Kier molecular flexibility index (Phi) is 5.96. The summed E-state index contributed by atoms with van der Waals surface area (Å²) in [5.41, 5.74) is 3.90. The van der Waals surface area contributed by atoms with E-state index < -0.39 is 4.92 Å². The number of thiazole rings is 1. The minimum Gasteiger partial charge on any atom is -0.497 e. The van der Waals surface area contributed by atoms with E-state index >= 15 is 0 Å². The molecule has 160 valence electrons. The number of carbonyl (C=O) groups is 1. The molecule has 0 spiro atoms. The summed E-state index contributed by atoms with van der Waals surface area (Å²) in [6.45, 7) is 1.96. The van der Waals surface area contributed by atoms with Crippen LogP contribution in [0.4, 0.5) is 10.8 Å². The molecule has 0 fully saturated rings. The van der Waals surface area contributed by atoms with Crippen molar-refractivity contribution in [3.63, 3.8) is 0 Å². The quantitative estimate of drug-likeness (QED) is 0.292. The Morgan fingerprint density at radius 3 is 2.19 bits per heavy atom. The fraction of sp³-hybridized carbons (Fsp3) is 0.0833. The summed E-state index contributed by atoms with van der Waals surface area (Å²) in [5, 5.41) is 14.3. The summed E-state index contributed by atoms with van der Waals surface area (Å²) in [6, 6.07) is 21.0. The van der Waals surface area contributed by atoms with Crippen molar-refractivity contribution in [1.82, 2.24) is 4.98 Å². The first kappa shape index (κ1) is 21.2. The van der Waals surface area contributed by atoms with Gasteiger partial charge in [-0.2, -0.15) is 0 Å². The molecule has 1 heterocycles. The third-order valence-electron chi connectivity index (χ3n) is 4.87. The van der Waals surface area contributed by atoms with Crippen molar-refractivity contribution in [3.8, 4) is 27.4 Å². The molecule has 8 heteroatoms. The monoisotopic (exact) mass is 445 g/mol. The summed E-state index contributed by atoms with van der Waals surface area (Å²) < 4.78 is 5.23. The smallest absolute Gasteiger partial charge is 0.269 e. The molecule has 0 aliphatic heterocycles. The van der Waals surface area contributed by atoms with E-state index in [0.29, 0.717) is 22.1 Å². The number of aryl methyl sites for hydroxylation is 1. The van der Waals surface area contributed by atoms with Gasteiger partial charge in [0.2, 0.25) is 0 Å². The Labute approximate surface area is 188 Å². The zero-order valence-electron chi connectivity index (χ0n) is 17.4. The standard InChI is InChI=1S/C24H19N3O4S/c1-15-3-5-18(6-4-15)23(28)26-24-25-21(16-9-13-20(31-2)14-10-16)22(32-24)17-7-11-19(12-8-17)27(29)30/h3-14H,1-2H3,(H,25,26,28). The molecule has 0 radical (unpaired) electrons. The van der Waals surface area contributed by atoms with Crippen LogP contribution in [0, 0.1) is 17.0 Å². The van der Waals surface area contributed by atoms with Crippen LogP contribution in [0.3, 0.4) is 0 Å². The zero-order valence-corrected chi connectivity index (χ0v) is 18.2. The van der Waals surface area contributed by atoms with Gasteiger partial charge in [-0.25, -0.2) is 4.98 Å². The van der Waals surface area contributed by atoms with Gasteiger partial charge in [0.05, 0.1) is 22.6 Å². The molecule has 0 aliphatic rings. The van der Waals surface area contributed by atoms with Crippen LogP contribution in [0.15, 0.2) is 72.8 Å². The second kappa shape index (κ2) is 8.99.